The van der Waals surface area contributed by atoms with Crippen molar-refractivity contribution >= 4 is 8.80 Å². The minimum absolute atomic E-state index is 0.00889. The van der Waals surface area contributed by atoms with E-state index in [0.29, 0.717) is 18.4 Å². The van der Waals surface area contributed by atoms with Gasteiger partial charge in [-0.1, -0.05) is 19.2 Å². The molecule has 1 aromatic carbocycles. The topological polar surface area (TPSA) is 78.6 Å². The highest BCUT2D eigenvalue weighted by atomic mass is 28.3. The molecule has 1 aliphatic rings. The first kappa shape index (κ1) is 20.6. The van der Waals surface area contributed by atoms with Crippen LogP contribution in [0.25, 0.3) is 11.3 Å². The van der Waals surface area contributed by atoms with Gasteiger partial charge < -0.3 is 19.3 Å². The molecule has 1 N–H and O–H groups in total. The quantitative estimate of drug-likeness (QED) is 0.418. The van der Waals surface area contributed by atoms with Crippen molar-refractivity contribution in [1.29, 1.82) is 0 Å². The van der Waals surface area contributed by atoms with E-state index in [2.05, 4.69) is 23.2 Å². The first-order chi connectivity index (χ1) is 14.6. The molecule has 1 aliphatic heterocycles. The van der Waals surface area contributed by atoms with E-state index >= 15 is 0 Å². The maximum Gasteiger partial charge on any atom is 0.219 e. The Morgan fingerprint density at radius 3 is 2.90 bits per heavy atom. The van der Waals surface area contributed by atoms with Crippen LogP contribution in [0.2, 0.25) is 19.1 Å². The number of aliphatic hydroxyl groups is 1. The van der Waals surface area contributed by atoms with Crippen LogP contribution >= 0.6 is 0 Å². The zero-order valence-corrected chi connectivity index (χ0v) is 18.5. The van der Waals surface area contributed by atoms with Gasteiger partial charge in [0, 0.05) is 51.9 Å². The van der Waals surface area contributed by atoms with Gasteiger partial charge in [-0.3, -0.25) is 0 Å². The summed E-state index contributed by atoms with van der Waals surface area (Å²) in [5.74, 6) is 1.91. The zero-order chi connectivity index (χ0) is 20.9. The summed E-state index contributed by atoms with van der Waals surface area (Å²) in [6, 6.07) is 12.6. The van der Waals surface area contributed by atoms with Gasteiger partial charge in [-0.25, -0.2) is 9.67 Å². The van der Waals surface area contributed by atoms with Crippen LogP contribution in [0.4, 0.5) is 0 Å². The number of nitrogens with zero attached hydrogens (tertiary/aromatic N) is 3. The Morgan fingerprint density at radius 1 is 1.23 bits per heavy atom. The summed E-state index contributed by atoms with van der Waals surface area (Å²) in [5, 5.41) is 13.6. The number of fused-ring (bicyclic) bond motifs is 1. The van der Waals surface area contributed by atoms with E-state index in [4.69, 9.17) is 14.2 Å². The van der Waals surface area contributed by atoms with Gasteiger partial charge in [0.05, 0.1) is 12.3 Å². The molecule has 7 nitrogen and oxygen atoms in total. The summed E-state index contributed by atoms with van der Waals surface area (Å²) in [4.78, 5) is 4.44. The van der Waals surface area contributed by atoms with E-state index in [1.54, 1.807) is 12.4 Å². The van der Waals surface area contributed by atoms with Crippen LogP contribution in [0.15, 0.2) is 48.8 Å². The Kier molecular flexibility index (Phi) is 6.46. The molecule has 0 saturated heterocycles. The van der Waals surface area contributed by atoms with Crippen LogP contribution in [0.3, 0.4) is 0 Å². The molecule has 0 spiro atoms. The van der Waals surface area contributed by atoms with Gasteiger partial charge in [0.1, 0.15) is 24.3 Å². The summed E-state index contributed by atoms with van der Waals surface area (Å²) in [6.45, 7) is 5.86. The second kappa shape index (κ2) is 9.42. The van der Waals surface area contributed by atoms with Gasteiger partial charge in [0.15, 0.2) is 0 Å². The van der Waals surface area contributed by atoms with Crippen molar-refractivity contribution in [3.8, 4) is 28.6 Å². The van der Waals surface area contributed by atoms with Gasteiger partial charge in [-0.15, -0.1) is 0 Å². The average molecular weight is 426 g/mol. The largest absolute Gasteiger partial charge is 0.487 e. The zero-order valence-electron chi connectivity index (χ0n) is 17.3. The van der Waals surface area contributed by atoms with Crippen molar-refractivity contribution in [2.75, 3.05) is 13.2 Å². The fraction of sp³-hybridized carbons (Fsp3) is 0.364. The molecule has 0 amide bonds. The molecule has 30 heavy (non-hydrogen) atoms. The number of ether oxygens (including phenoxy) is 3. The second-order valence-corrected chi connectivity index (χ2v) is 11.2. The van der Waals surface area contributed by atoms with Gasteiger partial charge in [0.2, 0.25) is 5.88 Å². The summed E-state index contributed by atoms with van der Waals surface area (Å²) in [7, 11) is -0.596. The van der Waals surface area contributed by atoms with Crippen LogP contribution in [0.1, 0.15) is 5.56 Å². The molecule has 1 atom stereocenters. The molecule has 3 heterocycles. The Balaban J connectivity index is 1.39. The Morgan fingerprint density at radius 2 is 2.13 bits per heavy atom. The van der Waals surface area contributed by atoms with Crippen molar-refractivity contribution in [2.45, 2.75) is 38.4 Å². The van der Waals surface area contributed by atoms with Gasteiger partial charge in [0.25, 0.3) is 0 Å². The van der Waals surface area contributed by atoms with E-state index < -0.39 is 8.80 Å². The number of aliphatic hydroxyl groups excluding tert-OH is 1. The Labute approximate surface area is 177 Å². The van der Waals surface area contributed by atoms with Crippen LogP contribution in [-0.4, -0.2) is 48.0 Å². The van der Waals surface area contributed by atoms with Gasteiger partial charge in [-0.2, -0.15) is 5.10 Å². The smallest absolute Gasteiger partial charge is 0.219 e. The highest BCUT2D eigenvalue weighted by molar-refractivity contribution is 6.55. The molecule has 0 radical (unpaired) electrons. The SMILES string of the molecule is C[SiH](C)CCOCn1nccc1-c1ccc(Oc2ccc3c(c2)O[C@H](CO)C3)nc1. The van der Waals surface area contributed by atoms with Crippen LogP contribution < -0.4 is 9.47 Å². The number of benzene rings is 1. The number of hydrogen-bond donors (Lipinski definition) is 1. The van der Waals surface area contributed by atoms with E-state index in [1.807, 2.05) is 41.1 Å². The van der Waals surface area contributed by atoms with Crippen molar-refractivity contribution < 1.29 is 19.3 Å². The monoisotopic (exact) mass is 425 g/mol. The number of hydrogen-bond acceptors (Lipinski definition) is 6. The lowest BCUT2D eigenvalue weighted by Crippen LogP contribution is -2.17. The molecule has 0 aliphatic carbocycles. The van der Waals surface area contributed by atoms with E-state index in [9.17, 15) is 5.11 Å². The maximum absolute atomic E-state index is 9.27. The normalized spacial score (nSPS) is 15.3. The minimum Gasteiger partial charge on any atom is -0.487 e. The fourth-order valence-electron chi connectivity index (χ4n) is 3.31. The van der Waals surface area contributed by atoms with Crippen LogP contribution in [-0.2, 0) is 17.9 Å². The van der Waals surface area contributed by atoms with Crippen molar-refractivity contribution in [3.05, 3.63) is 54.4 Å². The first-order valence-electron chi connectivity index (χ1n) is 10.3. The molecular weight excluding hydrogens is 398 g/mol. The minimum atomic E-state index is -0.596. The third-order valence-corrected chi connectivity index (χ3v) is 6.40. The van der Waals surface area contributed by atoms with Crippen LogP contribution in [0.5, 0.6) is 17.4 Å². The molecule has 158 valence electrons. The van der Waals surface area contributed by atoms with Crippen molar-refractivity contribution in [2.24, 2.45) is 0 Å². The van der Waals surface area contributed by atoms with E-state index in [-0.39, 0.29) is 12.7 Å². The fourth-order valence-corrected chi connectivity index (χ4v) is 3.95. The van der Waals surface area contributed by atoms with E-state index in [0.717, 1.165) is 35.6 Å². The lowest BCUT2D eigenvalue weighted by Gasteiger charge is -2.10. The summed E-state index contributed by atoms with van der Waals surface area (Å²) in [6.07, 6.45) is 4.09. The highest BCUT2D eigenvalue weighted by Crippen LogP contribution is 2.34. The predicted octanol–water partition coefficient (Wildman–Crippen LogP) is 3.49. The lowest BCUT2D eigenvalue weighted by molar-refractivity contribution is 0.0801. The Hall–Kier alpha value is -2.68. The summed E-state index contributed by atoms with van der Waals surface area (Å²) >= 11 is 0. The molecule has 2 aromatic heterocycles. The molecule has 8 heteroatoms. The van der Waals surface area contributed by atoms with Crippen LogP contribution in [0, 0.1) is 0 Å². The molecule has 0 bridgehead atoms. The number of rotatable bonds is 9. The maximum atomic E-state index is 9.27. The molecule has 0 fully saturated rings. The molecular formula is C22H27N3O4Si. The van der Waals surface area contributed by atoms with Gasteiger partial charge >= 0.3 is 0 Å². The standard InChI is InChI=1S/C22H27N3O4Si/c1-30(2)10-9-27-15-25-20(7-8-24-25)17-4-6-22(23-13-17)29-18-5-3-16-11-19(14-26)28-21(16)12-18/h3-8,12-13,19,26,30H,9-11,14-15H2,1-2H3/t19-/m0/s1. The molecule has 0 saturated carbocycles. The lowest BCUT2D eigenvalue weighted by atomic mass is 10.1. The van der Waals surface area contributed by atoms with Gasteiger partial charge in [-0.05, 0) is 29.8 Å². The first-order valence-corrected chi connectivity index (χ1v) is 13.4. The Bertz CT molecular complexity index is 975. The molecule has 3 aromatic rings. The number of pyridine rings is 1. The molecule has 0 unspecified atom stereocenters. The van der Waals surface area contributed by atoms with Crippen molar-refractivity contribution in [3.63, 3.8) is 0 Å². The average Bonchev–Trinajstić information content (AvgIpc) is 3.38. The van der Waals surface area contributed by atoms with E-state index in [1.165, 1.54) is 6.04 Å². The highest BCUT2D eigenvalue weighted by Gasteiger charge is 2.22. The predicted molar refractivity (Wildman–Crippen MR) is 117 cm³/mol. The number of aromatic nitrogens is 3. The third-order valence-electron chi connectivity index (χ3n) is 5.01. The second-order valence-electron chi connectivity index (χ2n) is 7.82. The summed E-state index contributed by atoms with van der Waals surface area (Å²) in [5.41, 5.74) is 2.98. The molecule has 4 rings (SSSR count). The summed E-state index contributed by atoms with van der Waals surface area (Å²) < 4.78 is 19.2. The third kappa shape index (κ3) is 4.89. The van der Waals surface area contributed by atoms with Crippen molar-refractivity contribution in [1.82, 2.24) is 14.8 Å².